The molecule has 2 aliphatic heterocycles. The van der Waals surface area contributed by atoms with Crippen molar-refractivity contribution in [2.75, 3.05) is 18.5 Å². The average molecular weight is 571 g/mol. The number of rotatable bonds is 8. The Balaban J connectivity index is 1.83. The summed E-state index contributed by atoms with van der Waals surface area (Å²) in [5.41, 5.74) is 0.655. The Kier molecular flexibility index (Phi) is 8.02. The van der Waals surface area contributed by atoms with E-state index >= 15 is 0 Å². The van der Waals surface area contributed by atoms with Gasteiger partial charge in [0.25, 0.3) is 0 Å². The van der Waals surface area contributed by atoms with E-state index in [0.29, 0.717) is 19.3 Å². The molecule has 0 radical (unpaired) electrons. The van der Waals surface area contributed by atoms with Crippen LogP contribution in [0.4, 0.5) is 5.69 Å². The van der Waals surface area contributed by atoms with Crippen LogP contribution in [0.15, 0.2) is 28.7 Å². The first-order valence-corrected chi connectivity index (χ1v) is 19.5. The molecule has 2 fully saturated rings. The summed E-state index contributed by atoms with van der Waals surface area (Å²) < 4.78 is 21.7. The van der Waals surface area contributed by atoms with Crippen LogP contribution in [0.25, 0.3) is 0 Å². The van der Waals surface area contributed by atoms with Gasteiger partial charge in [-0.15, -0.1) is 0 Å². The van der Waals surface area contributed by atoms with Gasteiger partial charge in [0.15, 0.2) is 16.6 Å². The molecule has 0 saturated carbocycles. The minimum atomic E-state index is -1.87. The minimum Gasteiger partial charge on any atom is -0.414 e. The number of nitrogens with one attached hydrogen (secondary N) is 1. The predicted molar refractivity (Wildman–Crippen MR) is 153 cm³/mol. The average Bonchev–Trinajstić information content (AvgIpc) is 2.97. The molecule has 1 aromatic carbocycles. The summed E-state index contributed by atoms with van der Waals surface area (Å²) in [4.78, 5) is 0. The summed E-state index contributed by atoms with van der Waals surface area (Å²) in [6, 6.07) is 8.72. The Labute approximate surface area is 219 Å². The van der Waals surface area contributed by atoms with Gasteiger partial charge in [0, 0.05) is 16.2 Å². The van der Waals surface area contributed by atoms with Crippen molar-refractivity contribution in [3.63, 3.8) is 0 Å². The molecular formula is C27H48BrNO3Si2. The van der Waals surface area contributed by atoms with Gasteiger partial charge in [0.2, 0.25) is 0 Å². The first kappa shape index (κ1) is 28.4. The largest absolute Gasteiger partial charge is 0.414 e. The monoisotopic (exact) mass is 569 g/mol. The van der Waals surface area contributed by atoms with Crippen molar-refractivity contribution >= 4 is 38.3 Å². The topological polar surface area (TPSA) is 39.7 Å². The van der Waals surface area contributed by atoms with Crippen molar-refractivity contribution in [2.45, 2.75) is 121 Å². The highest BCUT2D eigenvalue weighted by Crippen LogP contribution is 2.51. The van der Waals surface area contributed by atoms with Gasteiger partial charge in [0.1, 0.15) is 0 Å². The second-order valence-corrected chi connectivity index (χ2v) is 24.3. The highest BCUT2D eigenvalue weighted by Gasteiger charge is 2.57. The lowest BCUT2D eigenvalue weighted by atomic mass is 9.89. The third kappa shape index (κ3) is 6.20. The molecule has 194 valence electrons. The van der Waals surface area contributed by atoms with E-state index in [1.807, 2.05) is 0 Å². The molecule has 0 spiro atoms. The lowest BCUT2D eigenvalue weighted by Crippen LogP contribution is -2.55. The number of benzene rings is 1. The molecule has 2 saturated heterocycles. The van der Waals surface area contributed by atoms with Crippen LogP contribution in [0.2, 0.25) is 36.3 Å². The number of para-hydroxylation sites is 1. The summed E-state index contributed by atoms with van der Waals surface area (Å²) in [6.07, 6.45) is 4.00. The van der Waals surface area contributed by atoms with Crippen LogP contribution in [-0.2, 0) is 13.6 Å². The number of anilines is 1. The van der Waals surface area contributed by atoms with E-state index in [-0.39, 0.29) is 21.3 Å². The van der Waals surface area contributed by atoms with Crippen LogP contribution in [0.1, 0.15) is 67.2 Å². The third-order valence-corrected chi connectivity index (χ3v) is 18.6. The summed E-state index contributed by atoms with van der Waals surface area (Å²) >= 11 is 3.72. The van der Waals surface area contributed by atoms with Crippen LogP contribution in [0, 0.1) is 0 Å². The standard InChI is InChI=1S/C27H48BrNO3Si2/c1-24(2,3)33(7,8)30-19-26-15-16-27(32-26,20-31-34(9,10)25(4,5)6)18-21(17-26)29-23-14-12-11-13-22(23)28/h11-14,21,29H,15-20H2,1-10H3. The molecule has 2 bridgehead atoms. The Bertz CT molecular complexity index is 818. The fourth-order valence-electron chi connectivity index (χ4n) is 4.55. The summed E-state index contributed by atoms with van der Waals surface area (Å²) in [5.74, 6) is 0. The number of ether oxygens (including phenoxy) is 1. The lowest BCUT2D eigenvalue weighted by molar-refractivity contribution is -0.170. The fraction of sp³-hybridized carbons (Fsp3) is 0.778. The fourth-order valence-corrected chi connectivity index (χ4v) is 7.07. The van der Waals surface area contributed by atoms with Gasteiger partial charge in [-0.3, -0.25) is 0 Å². The summed E-state index contributed by atoms with van der Waals surface area (Å²) in [7, 11) is -3.74. The molecule has 1 N–H and O–H groups in total. The van der Waals surface area contributed by atoms with E-state index < -0.39 is 16.6 Å². The SMILES string of the molecule is CC(C)(C)[Si](C)(C)OCC12CCC(CO[Si](C)(C)C(C)(C)C)(CC(Nc3ccccc3Br)C1)O2. The zero-order valence-electron chi connectivity index (χ0n) is 23.2. The number of hydrogen-bond acceptors (Lipinski definition) is 4. The lowest BCUT2D eigenvalue weighted by Gasteiger charge is -2.47. The van der Waals surface area contributed by atoms with Gasteiger partial charge in [-0.05, 0) is 90.0 Å². The number of hydrogen-bond donors (Lipinski definition) is 1. The molecule has 2 aliphatic rings. The molecule has 1 aromatic rings. The second kappa shape index (κ2) is 9.60. The third-order valence-electron chi connectivity index (χ3n) is 8.94. The van der Waals surface area contributed by atoms with Crippen LogP contribution in [-0.4, -0.2) is 47.1 Å². The van der Waals surface area contributed by atoms with E-state index in [1.54, 1.807) is 0 Å². The molecule has 2 atom stereocenters. The van der Waals surface area contributed by atoms with Gasteiger partial charge in [0.05, 0.1) is 24.4 Å². The summed E-state index contributed by atoms with van der Waals surface area (Å²) in [6.45, 7) is 24.6. The summed E-state index contributed by atoms with van der Waals surface area (Å²) in [5, 5.41) is 4.21. The first-order valence-electron chi connectivity index (χ1n) is 12.9. The van der Waals surface area contributed by atoms with Crippen molar-refractivity contribution in [3.05, 3.63) is 28.7 Å². The molecule has 4 nitrogen and oxygen atoms in total. The molecule has 0 aliphatic carbocycles. The van der Waals surface area contributed by atoms with Gasteiger partial charge in [-0.25, -0.2) is 0 Å². The zero-order chi connectivity index (χ0) is 25.6. The molecule has 2 unspecified atom stereocenters. The van der Waals surface area contributed by atoms with E-state index in [9.17, 15) is 0 Å². The van der Waals surface area contributed by atoms with E-state index in [4.69, 9.17) is 13.6 Å². The van der Waals surface area contributed by atoms with Gasteiger partial charge in [-0.2, -0.15) is 0 Å². The number of fused-ring (bicyclic) bond motifs is 2. The minimum absolute atomic E-state index is 0.187. The van der Waals surface area contributed by atoms with E-state index in [2.05, 4.69) is 113 Å². The van der Waals surface area contributed by atoms with Gasteiger partial charge >= 0.3 is 0 Å². The predicted octanol–water partition coefficient (Wildman–Crippen LogP) is 8.36. The zero-order valence-corrected chi connectivity index (χ0v) is 26.8. The van der Waals surface area contributed by atoms with Crippen molar-refractivity contribution < 1.29 is 13.6 Å². The maximum absolute atomic E-state index is 7.03. The highest BCUT2D eigenvalue weighted by molar-refractivity contribution is 9.10. The quantitative estimate of drug-likeness (QED) is 0.319. The van der Waals surface area contributed by atoms with Crippen LogP contribution >= 0.6 is 15.9 Å². The first-order chi connectivity index (χ1) is 15.4. The second-order valence-electron chi connectivity index (χ2n) is 13.8. The molecule has 7 heteroatoms. The van der Waals surface area contributed by atoms with Crippen LogP contribution < -0.4 is 5.32 Å². The Morgan fingerprint density at radius 3 is 1.74 bits per heavy atom. The van der Waals surface area contributed by atoms with Crippen LogP contribution in [0.3, 0.4) is 0 Å². The van der Waals surface area contributed by atoms with Crippen molar-refractivity contribution in [3.8, 4) is 0 Å². The Morgan fingerprint density at radius 2 is 1.32 bits per heavy atom. The highest BCUT2D eigenvalue weighted by atomic mass is 79.9. The maximum Gasteiger partial charge on any atom is 0.192 e. The number of halogens is 1. The molecular weight excluding hydrogens is 522 g/mol. The van der Waals surface area contributed by atoms with Gasteiger partial charge in [-0.1, -0.05) is 53.7 Å². The molecule has 3 rings (SSSR count). The molecule has 0 amide bonds. The van der Waals surface area contributed by atoms with Crippen LogP contribution in [0.5, 0.6) is 0 Å². The van der Waals surface area contributed by atoms with E-state index in [1.165, 1.54) is 0 Å². The molecule has 0 aromatic heterocycles. The van der Waals surface area contributed by atoms with E-state index in [0.717, 1.165) is 35.8 Å². The Morgan fingerprint density at radius 1 is 0.882 bits per heavy atom. The maximum atomic E-state index is 7.03. The molecule has 2 heterocycles. The smallest absolute Gasteiger partial charge is 0.192 e. The Hall–Kier alpha value is -0.186. The van der Waals surface area contributed by atoms with Crippen molar-refractivity contribution in [2.24, 2.45) is 0 Å². The van der Waals surface area contributed by atoms with Crippen molar-refractivity contribution in [1.82, 2.24) is 0 Å². The van der Waals surface area contributed by atoms with Gasteiger partial charge < -0.3 is 18.9 Å². The normalized spacial score (nSPS) is 28.3. The molecule has 34 heavy (non-hydrogen) atoms. The van der Waals surface area contributed by atoms with Crippen molar-refractivity contribution in [1.29, 1.82) is 0 Å².